The Morgan fingerprint density at radius 1 is 0.950 bits per heavy atom. The van der Waals surface area contributed by atoms with Crippen molar-refractivity contribution in [1.29, 1.82) is 0 Å². The molecule has 0 bridgehead atoms. The smallest absolute Gasteiger partial charge is 0.127 e. The molecule has 0 radical (unpaired) electrons. The Morgan fingerprint density at radius 2 is 1.65 bits per heavy atom. The van der Waals surface area contributed by atoms with Crippen molar-refractivity contribution < 1.29 is 0 Å². The number of rotatable bonds is 4. The van der Waals surface area contributed by atoms with Gasteiger partial charge in [-0.1, -0.05) is 54.6 Å². The molecule has 0 aliphatic carbocycles. The van der Waals surface area contributed by atoms with Crippen LogP contribution < -0.4 is 5.32 Å². The van der Waals surface area contributed by atoms with Crippen LogP contribution in [-0.2, 0) is 0 Å². The lowest BCUT2D eigenvalue weighted by Gasteiger charge is -2.14. The Balaban J connectivity index is 1.89. The minimum absolute atomic E-state index is 0.0924. The highest BCUT2D eigenvalue weighted by Crippen LogP contribution is 2.23. The molecule has 3 aromatic rings. The summed E-state index contributed by atoms with van der Waals surface area (Å²) in [4.78, 5) is 7.49. The zero-order chi connectivity index (χ0) is 13.8. The Morgan fingerprint density at radius 3 is 2.25 bits per heavy atom. The first-order valence-electron chi connectivity index (χ1n) is 6.70. The van der Waals surface area contributed by atoms with E-state index in [0.29, 0.717) is 0 Å². The molecule has 0 amide bonds. The van der Waals surface area contributed by atoms with Gasteiger partial charge in [-0.2, -0.15) is 0 Å². The maximum absolute atomic E-state index is 4.33. The number of hydrogen-bond donors (Lipinski definition) is 2. The second-order valence-electron chi connectivity index (χ2n) is 4.68. The highest BCUT2D eigenvalue weighted by atomic mass is 15.0. The molecule has 2 N–H and O–H groups in total. The van der Waals surface area contributed by atoms with Gasteiger partial charge in [-0.05, 0) is 23.7 Å². The van der Waals surface area contributed by atoms with Crippen LogP contribution in [0.25, 0.3) is 11.1 Å². The number of nitrogens with zero attached hydrogens (tertiary/aromatic N) is 1. The van der Waals surface area contributed by atoms with Crippen molar-refractivity contribution in [3.8, 4) is 11.1 Å². The van der Waals surface area contributed by atoms with Crippen LogP contribution in [0.15, 0.2) is 67.0 Å². The number of aromatic nitrogens is 2. The van der Waals surface area contributed by atoms with E-state index in [1.54, 1.807) is 6.20 Å². The molecule has 20 heavy (non-hydrogen) atoms. The molecule has 1 atom stereocenters. The largest absolute Gasteiger partial charge is 0.347 e. The summed E-state index contributed by atoms with van der Waals surface area (Å²) in [5.74, 6) is 0.931. The van der Waals surface area contributed by atoms with Crippen LogP contribution in [-0.4, -0.2) is 17.0 Å². The fourth-order valence-electron chi connectivity index (χ4n) is 2.40. The maximum Gasteiger partial charge on any atom is 0.127 e. The summed E-state index contributed by atoms with van der Waals surface area (Å²) in [6.45, 7) is 0. The van der Waals surface area contributed by atoms with Crippen LogP contribution in [0, 0.1) is 0 Å². The average Bonchev–Trinajstić information content (AvgIpc) is 3.04. The van der Waals surface area contributed by atoms with Gasteiger partial charge in [0.1, 0.15) is 5.82 Å². The zero-order valence-corrected chi connectivity index (χ0v) is 11.4. The average molecular weight is 263 g/mol. The first kappa shape index (κ1) is 12.6. The molecule has 1 unspecified atom stereocenters. The van der Waals surface area contributed by atoms with Crippen LogP contribution in [0.3, 0.4) is 0 Å². The predicted molar refractivity (Wildman–Crippen MR) is 81.4 cm³/mol. The van der Waals surface area contributed by atoms with E-state index in [0.717, 1.165) is 5.82 Å². The molecule has 3 rings (SSSR count). The summed E-state index contributed by atoms with van der Waals surface area (Å²) in [7, 11) is 1.94. The second-order valence-corrected chi connectivity index (χ2v) is 4.68. The van der Waals surface area contributed by atoms with E-state index in [4.69, 9.17) is 0 Å². The SMILES string of the molecule is CNC(c1ccc(-c2ccccc2)cc1)c1ncc[nH]1. The fraction of sp³-hybridized carbons (Fsp3) is 0.118. The molecule has 0 spiro atoms. The van der Waals surface area contributed by atoms with Gasteiger partial charge in [0.25, 0.3) is 0 Å². The van der Waals surface area contributed by atoms with Gasteiger partial charge in [-0.15, -0.1) is 0 Å². The van der Waals surface area contributed by atoms with E-state index in [1.165, 1.54) is 16.7 Å². The first-order valence-corrected chi connectivity index (χ1v) is 6.70. The first-order chi connectivity index (χ1) is 9.88. The van der Waals surface area contributed by atoms with Crippen molar-refractivity contribution in [1.82, 2.24) is 15.3 Å². The normalized spacial score (nSPS) is 12.2. The predicted octanol–water partition coefficient (Wildman–Crippen LogP) is 3.39. The quantitative estimate of drug-likeness (QED) is 0.757. The van der Waals surface area contributed by atoms with E-state index in [9.17, 15) is 0 Å². The highest BCUT2D eigenvalue weighted by molar-refractivity contribution is 5.63. The van der Waals surface area contributed by atoms with Gasteiger partial charge in [-0.3, -0.25) is 0 Å². The van der Waals surface area contributed by atoms with Gasteiger partial charge in [0.05, 0.1) is 6.04 Å². The van der Waals surface area contributed by atoms with Gasteiger partial charge in [-0.25, -0.2) is 4.98 Å². The minimum Gasteiger partial charge on any atom is -0.347 e. The van der Waals surface area contributed by atoms with Crippen molar-refractivity contribution in [3.63, 3.8) is 0 Å². The molecule has 0 saturated heterocycles. The molecule has 1 aromatic heterocycles. The van der Waals surface area contributed by atoms with Crippen LogP contribution in [0.2, 0.25) is 0 Å². The van der Waals surface area contributed by atoms with Crippen LogP contribution in [0.1, 0.15) is 17.4 Å². The fourth-order valence-corrected chi connectivity index (χ4v) is 2.40. The van der Waals surface area contributed by atoms with Crippen molar-refractivity contribution in [2.24, 2.45) is 0 Å². The third-order valence-corrected chi connectivity index (χ3v) is 3.43. The monoisotopic (exact) mass is 263 g/mol. The van der Waals surface area contributed by atoms with Crippen molar-refractivity contribution in [2.45, 2.75) is 6.04 Å². The zero-order valence-electron chi connectivity index (χ0n) is 11.4. The molecule has 3 nitrogen and oxygen atoms in total. The second kappa shape index (κ2) is 5.72. The number of hydrogen-bond acceptors (Lipinski definition) is 2. The molecule has 100 valence electrons. The standard InChI is InChI=1S/C17H17N3/c1-18-16(17-19-11-12-20-17)15-9-7-14(8-10-15)13-5-3-2-4-6-13/h2-12,16,18H,1H3,(H,19,20). The lowest BCUT2D eigenvalue weighted by Crippen LogP contribution is -2.18. The Labute approximate surface area is 118 Å². The van der Waals surface area contributed by atoms with Gasteiger partial charge >= 0.3 is 0 Å². The number of H-pyrrole nitrogens is 1. The van der Waals surface area contributed by atoms with E-state index < -0.39 is 0 Å². The summed E-state index contributed by atoms with van der Waals surface area (Å²) >= 11 is 0. The van der Waals surface area contributed by atoms with E-state index in [-0.39, 0.29) is 6.04 Å². The lowest BCUT2D eigenvalue weighted by atomic mass is 10.0. The van der Waals surface area contributed by atoms with Gasteiger partial charge in [0.15, 0.2) is 0 Å². The summed E-state index contributed by atoms with van der Waals surface area (Å²) < 4.78 is 0. The van der Waals surface area contributed by atoms with E-state index in [2.05, 4.69) is 63.8 Å². The summed E-state index contributed by atoms with van der Waals surface area (Å²) in [5, 5.41) is 3.29. The molecule has 0 aliphatic heterocycles. The maximum atomic E-state index is 4.33. The summed E-state index contributed by atoms with van der Waals surface area (Å²) in [6, 6.07) is 19.1. The van der Waals surface area contributed by atoms with Gasteiger partial charge in [0.2, 0.25) is 0 Å². The number of aromatic amines is 1. The van der Waals surface area contributed by atoms with Crippen LogP contribution in [0.4, 0.5) is 0 Å². The topological polar surface area (TPSA) is 40.7 Å². The van der Waals surface area contributed by atoms with Crippen molar-refractivity contribution in [3.05, 3.63) is 78.4 Å². The Kier molecular flexibility index (Phi) is 3.61. The third-order valence-electron chi connectivity index (χ3n) is 3.43. The van der Waals surface area contributed by atoms with Crippen LogP contribution in [0.5, 0.6) is 0 Å². The Hall–Kier alpha value is -2.39. The van der Waals surface area contributed by atoms with Crippen LogP contribution >= 0.6 is 0 Å². The van der Waals surface area contributed by atoms with E-state index >= 15 is 0 Å². The molecule has 2 aromatic carbocycles. The molecule has 1 heterocycles. The minimum atomic E-state index is 0.0924. The van der Waals surface area contributed by atoms with Gasteiger partial charge < -0.3 is 10.3 Å². The van der Waals surface area contributed by atoms with E-state index in [1.807, 2.05) is 19.3 Å². The number of benzene rings is 2. The molecule has 3 heteroatoms. The molecule has 0 saturated carbocycles. The molecule has 0 fully saturated rings. The summed E-state index contributed by atoms with van der Waals surface area (Å²) in [6.07, 6.45) is 3.62. The third kappa shape index (κ3) is 2.49. The highest BCUT2D eigenvalue weighted by Gasteiger charge is 2.13. The summed E-state index contributed by atoms with van der Waals surface area (Å²) in [5.41, 5.74) is 3.66. The van der Waals surface area contributed by atoms with Crippen molar-refractivity contribution >= 4 is 0 Å². The molecular weight excluding hydrogens is 246 g/mol. The van der Waals surface area contributed by atoms with Gasteiger partial charge in [0, 0.05) is 12.4 Å². The lowest BCUT2D eigenvalue weighted by molar-refractivity contribution is 0.655. The Bertz CT molecular complexity index is 642. The molecular formula is C17H17N3. The number of nitrogens with one attached hydrogen (secondary N) is 2. The molecule has 0 aliphatic rings. The van der Waals surface area contributed by atoms with Crippen molar-refractivity contribution in [2.75, 3.05) is 7.05 Å². The number of imidazole rings is 1.